The second-order valence-corrected chi connectivity index (χ2v) is 8.96. The maximum atomic E-state index is 12.3. The normalized spacial score (nSPS) is 11.0. The molecule has 0 heterocycles. The van der Waals surface area contributed by atoms with E-state index in [4.69, 9.17) is 10.5 Å². The second-order valence-electron chi connectivity index (χ2n) is 6.79. The van der Waals surface area contributed by atoms with Crippen LogP contribution in [-0.4, -0.2) is 37.9 Å². The number of benzene rings is 2. The Labute approximate surface area is 187 Å². The van der Waals surface area contributed by atoms with Gasteiger partial charge in [0.1, 0.15) is 0 Å². The summed E-state index contributed by atoms with van der Waals surface area (Å²) < 4.78 is 33.3. The van der Waals surface area contributed by atoms with Gasteiger partial charge in [0.25, 0.3) is 10.0 Å². The fraction of sp³-hybridized carbons (Fsp3) is 0.300. The third-order valence-electron chi connectivity index (χ3n) is 4.17. The lowest BCUT2D eigenvalue weighted by atomic mass is 10.2. The number of nitrogens with two attached hydrogens (primary N) is 1. The Morgan fingerprint density at radius 3 is 2.52 bits per heavy atom. The number of rotatable bonds is 10. The van der Waals surface area contributed by atoms with Gasteiger partial charge < -0.3 is 15.8 Å². The van der Waals surface area contributed by atoms with E-state index in [0.29, 0.717) is 31.9 Å². The molecule has 168 valence electrons. The Bertz CT molecular complexity index is 997. The Hall–Kier alpha value is -2.76. The van der Waals surface area contributed by atoms with E-state index < -0.39 is 22.1 Å². The van der Waals surface area contributed by atoms with Crippen molar-refractivity contribution in [3.8, 4) is 0 Å². The lowest BCUT2D eigenvalue weighted by Gasteiger charge is -2.12. The number of anilines is 1. The molecular formula is C20H26N4O5S2. The molecule has 0 aliphatic rings. The van der Waals surface area contributed by atoms with Gasteiger partial charge in [0.15, 0.2) is 0 Å². The fourth-order valence-electron chi connectivity index (χ4n) is 2.56. The molecule has 31 heavy (non-hydrogen) atoms. The van der Waals surface area contributed by atoms with Crippen LogP contribution in [0.5, 0.6) is 0 Å². The van der Waals surface area contributed by atoms with Crippen LogP contribution in [0.15, 0.2) is 53.4 Å². The fourth-order valence-corrected chi connectivity index (χ4v) is 3.61. The molecule has 0 spiro atoms. The van der Waals surface area contributed by atoms with Gasteiger partial charge in [-0.1, -0.05) is 42.6 Å². The molecule has 9 nitrogen and oxygen atoms in total. The van der Waals surface area contributed by atoms with Crippen LogP contribution in [0.3, 0.4) is 0 Å². The smallest absolute Gasteiger partial charge is 0.333 e. The summed E-state index contributed by atoms with van der Waals surface area (Å²) in [6, 6.07) is 11.6. The van der Waals surface area contributed by atoms with E-state index >= 15 is 0 Å². The molecule has 11 heteroatoms. The number of carbonyl (C=O) groups is 2. The summed E-state index contributed by atoms with van der Waals surface area (Å²) in [4.78, 5) is 23.0. The molecule has 0 saturated carbocycles. The molecule has 0 unspecified atom stereocenters. The molecule has 0 radical (unpaired) electrons. The first-order chi connectivity index (χ1) is 14.7. The Morgan fingerprint density at radius 1 is 1.13 bits per heavy atom. The third kappa shape index (κ3) is 8.48. The summed E-state index contributed by atoms with van der Waals surface area (Å²) in [5.74, 6) is 0. The number of urea groups is 2. The van der Waals surface area contributed by atoms with Gasteiger partial charge in [-0.2, -0.15) is 0 Å². The largest absolute Gasteiger partial charge is 0.377 e. The van der Waals surface area contributed by atoms with Crippen molar-refractivity contribution in [2.24, 2.45) is 5.73 Å². The number of thiol groups is 1. The molecule has 4 N–H and O–H groups in total. The Balaban J connectivity index is 1.80. The van der Waals surface area contributed by atoms with Crippen molar-refractivity contribution >= 4 is 40.6 Å². The van der Waals surface area contributed by atoms with Gasteiger partial charge in [0.05, 0.1) is 11.5 Å². The number of nitrogens with one attached hydrogen (secondary N) is 2. The Morgan fingerprint density at radius 2 is 1.84 bits per heavy atom. The number of aryl methyl sites for hydroxylation is 1. The summed E-state index contributed by atoms with van der Waals surface area (Å²) in [7, 11) is -3.97. The molecule has 2 rings (SSSR count). The first kappa shape index (κ1) is 24.5. The number of carbonyl (C=O) groups excluding carboxylic acids is 2. The van der Waals surface area contributed by atoms with Crippen molar-refractivity contribution in [1.82, 2.24) is 9.03 Å². The zero-order chi connectivity index (χ0) is 22.9. The van der Waals surface area contributed by atoms with E-state index in [-0.39, 0.29) is 4.90 Å². The number of hydrogen-bond acceptors (Lipinski definition) is 6. The van der Waals surface area contributed by atoms with E-state index in [1.54, 1.807) is 30.3 Å². The number of sulfonamides is 1. The summed E-state index contributed by atoms with van der Waals surface area (Å²) in [5.41, 5.74) is 7.24. The number of primary amides is 1. The molecule has 4 amide bonds. The highest BCUT2D eigenvalue weighted by atomic mass is 32.2. The van der Waals surface area contributed by atoms with Crippen molar-refractivity contribution in [1.29, 1.82) is 0 Å². The first-order valence-corrected chi connectivity index (χ1v) is 11.4. The summed E-state index contributed by atoms with van der Waals surface area (Å²) in [6.07, 6.45) is 1.42. The van der Waals surface area contributed by atoms with Crippen LogP contribution in [0, 0.1) is 6.92 Å². The summed E-state index contributed by atoms with van der Waals surface area (Å²) >= 11 is 3.94. The van der Waals surface area contributed by atoms with Gasteiger partial charge in [-0.15, -0.1) is 0 Å². The van der Waals surface area contributed by atoms with Gasteiger partial charge in [-0.25, -0.2) is 22.7 Å². The minimum Gasteiger partial charge on any atom is -0.377 e. The minimum absolute atomic E-state index is 0.00673. The molecule has 0 fully saturated rings. The average molecular weight is 467 g/mol. The SMILES string of the molecule is Cc1ccc(S(=O)(=O)NC(=O)Nc2cccc(COCCCCN(S)C(N)=O)c2)cc1. The first-order valence-electron chi connectivity index (χ1n) is 9.50. The number of nitrogens with zero attached hydrogens (tertiary/aromatic N) is 1. The maximum Gasteiger partial charge on any atom is 0.333 e. The average Bonchev–Trinajstić information content (AvgIpc) is 2.70. The van der Waals surface area contributed by atoms with Crippen molar-refractivity contribution < 1.29 is 22.7 Å². The molecule has 2 aromatic rings. The lowest BCUT2D eigenvalue weighted by molar-refractivity contribution is 0.116. The van der Waals surface area contributed by atoms with E-state index in [2.05, 4.69) is 18.1 Å². The minimum atomic E-state index is -3.97. The molecular weight excluding hydrogens is 440 g/mol. The predicted octanol–water partition coefficient (Wildman–Crippen LogP) is 3.03. The van der Waals surface area contributed by atoms with Crippen LogP contribution in [-0.2, 0) is 21.4 Å². The quantitative estimate of drug-likeness (QED) is 0.316. The van der Waals surface area contributed by atoms with Crippen LogP contribution in [0.25, 0.3) is 0 Å². The molecule has 0 aliphatic heterocycles. The summed E-state index contributed by atoms with van der Waals surface area (Å²) in [6.45, 7) is 3.07. The maximum absolute atomic E-state index is 12.3. The lowest BCUT2D eigenvalue weighted by Crippen LogP contribution is -2.34. The molecule has 2 aromatic carbocycles. The van der Waals surface area contributed by atoms with E-state index in [1.807, 2.05) is 17.7 Å². The van der Waals surface area contributed by atoms with Crippen LogP contribution >= 0.6 is 12.8 Å². The molecule has 0 aliphatic carbocycles. The molecule has 0 aromatic heterocycles. The van der Waals surface area contributed by atoms with E-state index in [9.17, 15) is 18.0 Å². The third-order valence-corrected chi connectivity index (χ3v) is 5.92. The molecule has 0 bridgehead atoms. The number of ether oxygens (including phenoxy) is 1. The number of amides is 4. The highest BCUT2D eigenvalue weighted by Gasteiger charge is 2.17. The van der Waals surface area contributed by atoms with Gasteiger partial charge >= 0.3 is 12.1 Å². The number of unbranched alkanes of at least 4 members (excludes halogenated alkanes) is 1. The zero-order valence-corrected chi connectivity index (χ0v) is 18.8. The molecule has 0 atom stereocenters. The topological polar surface area (TPSA) is 131 Å². The summed E-state index contributed by atoms with van der Waals surface area (Å²) in [5, 5.41) is 2.51. The van der Waals surface area contributed by atoms with E-state index in [0.717, 1.165) is 21.9 Å². The highest BCUT2D eigenvalue weighted by molar-refractivity contribution is 7.90. The van der Waals surface area contributed by atoms with Crippen LogP contribution < -0.4 is 15.8 Å². The van der Waals surface area contributed by atoms with Crippen molar-refractivity contribution in [2.75, 3.05) is 18.5 Å². The van der Waals surface area contributed by atoms with Gasteiger partial charge in [0.2, 0.25) is 0 Å². The monoisotopic (exact) mass is 466 g/mol. The Kier molecular flexibility index (Phi) is 9.16. The second kappa shape index (κ2) is 11.6. The predicted molar refractivity (Wildman–Crippen MR) is 121 cm³/mol. The van der Waals surface area contributed by atoms with Crippen LogP contribution in [0.4, 0.5) is 15.3 Å². The van der Waals surface area contributed by atoms with Crippen molar-refractivity contribution in [3.05, 3.63) is 59.7 Å². The van der Waals surface area contributed by atoms with Crippen LogP contribution in [0.2, 0.25) is 0 Å². The van der Waals surface area contributed by atoms with E-state index in [1.165, 1.54) is 12.1 Å². The van der Waals surface area contributed by atoms with Gasteiger partial charge in [-0.3, -0.25) is 4.31 Å². The van der Waals surface area contributed by atoms with Gasteiger partial charge in [0, 0.05) is 18.8 Å². The zero-order valence-electron chi connectivity index (χ0n) is 17.1. The standard InChI is InChI=1S/C20H26N4O5S2/c1-15-7-9-18(10-8-15)31(27,28)23-20(26)22-17-6-4-5-16(13-17)14-29-12-3-2-11-24(30)19(21)25/h4-10,13,30H,2-3,11-12,14H2,1H3,(H2,21,25)(H2,22,23,26). The van der Waals surface area contributed by atoms with Crippen molar-refractivity contribution in [3.63, 3.8) is 0 Å². The number of hydrogen-bond donors (Lipinski definition) is 4. The van der Waals surface area contributed by atoms with Crippen molar-refractivity contribution in [2.45, 2.75) is 31.3 Å². The van der Waals surface area contributed by atoms with Crippen LogP contribution in [0.1, 0.15) is 24.0 Å². The molecule has 0 saturated heterocycles. The highest BCUT2D eigenvalue weighted by Crippen LogP contribution is 2.13. The van der Waals surface area contributed by atoms with Gasteiger partial charge in [-0.05, 0) is 49.6 Å².